The van der Waals surface area contributed by atoms with Crippen LogP contribution in [0.3, 0.4) is 0 Å². The highest BCUT2D eigenvalue weighted by Crippen LogP contribution is 2.00. The standard InChI is InChI=1S/C10H19NO2/c1-5-7-13-8-11(9(3)4)10(12)6-2/h6,9H,2,5,7-8H2,1,3-4H3. The minimum atomic E-state index is -0.0777. The van der Waals surface area contributed by atoms with Gasteiger partial charge in [-0.3, -0.25) is 4.79 Å². The van der Waals surface area contributed by atoms with Gasteiger partial charge in [0.1, 0.15) is 6.73 Å². The van der Waals surface area contributed by atoms with Gasteiger partial charge >= 0.3 is 0 Å². The van der Waals surface area contributed by atoms with Crippen LogP contribution >= 0.6 is 0 Å². The lowest BCUT2D eigenvalue weighted by molar-refractivity contribution is -0.133. The summed E-state index contributed by atoms with van der Waals surface area (Å²) in [6, 6.07) is 0.155. The third-order valence-corrected chi connectivity index (χ3v) is 1.66. The van der Waals surface area contributed by atoms with E-state index in [1.807, 2.05) is 20.8 Å². The first-order chi connectivity index (χ1) is 6.13. The molecule has 0 saturated heterocycles. The molecule has 0 unspecified atom stereocenters. The van der Waals surface area contributed by atoms with Crippen molar-refractivity contribution >= 4 is 5.91 Å². The Bertz CT molecular complexity index is 166. The van der Waals surface area contributed by atoms with Gasteiger partial charge in [-0.1, -0.05) is 13.5 Å². The SMILES string of the molecule is C=CC(=O)N(COCCC)C(C)C. The van der Waals surface area contributed by atoms with E-state index in [1.165, 1.54) is 6.08 Å². The van der Waals surface area contributed by atoms with Crippen LogP contribution in [0.2, 0.25) is 0 Å². The summed E-state index contributed by atoms with van der Waals surface area (Å²) in [4.78, 5) is 12.9. The van der Waals surface area contributed by atoms with Gasteiger partial charge in [0.05, 0.1) is 0 Å². The molecule has 0 fully saturated rings. The van der Waals surface area contributed by atoms with Gasteiger partial charge in [0.15, 0.2) is 0 Å². The van der Waals surface area contributed by atoms with Gasteiger partial charge in [0, 0.05) is 12.6 Å². The molecule has 0 saturated carbocycles. The van der Waals surface area contributed by atoms with Crippen LogP contribution in [0.5, 0.6) is 0 Å². The Morgan fingerprint density at radius 2 is 2.23 bits per heavy atom. The van der Waals surface area contributed by atoms with E-state index < -0.39 is 0 Å². The molecule has 0 aliphatic rings. The van der Waals surface area contributed by atoms with Crippen LogP contribution in [0, 0.1) is 0 Å². The number of carbonyl (C=O) groups is 1. The van der Waals surface area contributed by atoms with Crippen molar-refractivity contribution in [3.8, 4) is 0 Å². The first-order valence-electron chi connectivity index (χ1n) is 4.64. The second-order valence-corrected chi connectivity index (χ2v) is 3.14. The van der Waals surface area contributed by atoms with E-state index >= 15 is 0 Å². The molecule has 0 spiro atoms. The Kier molecular flexibility index (Phi) is 6.24. The van der Waals surface area contributed by atoms with Crippen molar-refractivity contribution in [2.45, 2.75) is 33.2 Å². The zero-order valence-electron chi connectivity index (χ0n) is 8.75. The number of hydrogen-bond acceptors (Lipinski definition) is 2. The van der Waals surface area contributed by atoms with E-state index in [0.29, 0.717) is 13.3 Å². The van der Waals surface area contributed by atoms with Gasteiger partial charge < -0.3 is 9.64 Å². The molecule has 0 bridgehead atoms. The van der Waals surface area contributed by atoms with Crippen molar-refractivity contribution in [3.05, 3.63) is 12.7 Å². The number of carbonyl (C=O) groups excluding carboxylic acids is 1. The monoisotopic (exact) mass is 185 g/mol. The average molecular weight is 185 g/mol. The molecule has 3 heteroatoms. The van der Waals surface area contributed by atoms with Gasteiger partial charge in [-0.25, -0.2) is 0 Å². The predicted molar refractivity (Wildman–Crippen MR) is 53.3 cm³/mol. The molecule has 0 N–H and O–H groups in total. The number of amides is 1. The second-order valence-electron chi connectivity index (χ2n) is 3.14. The van der Waals surface area contributed by atoms with Gasteiger partial charge in [0.2, 0.25) is 5.91 Å². The van der Waals surface area contributed by atoms with E-state index in [-0.39, 0.29) is 11.9 Å². The molecular formula is C10H19NO2. The molecule has 3 nitrogen and oxygen atoms in total. The fourth-order valence-electron chi connectivity index (χ4n) is 0.892. The third kappa shape index (κ3) is 4.68. The minimum absolute atomic E-state index is 0.0777. The number of ether oxygens (including phenoxy) is 1. The van der Waals surface area contributed by atoms with E-state index in [1.54, 1.807) is 4.90 Å². The molecule has 0 aromatic carbocycles. The Morgan fingerprint density at radius 1 is 1.62 bits per heavy atom. The highest BCUT2D eigenvalue weighted by Gasteiger charge is 2.12. The molecule has 0 rings (SSSR count). The Morgan fingerprint density at radius 3 is 2.62 bits per heavy atom. The Balaban J connectivity index is 3.95. The summed E-state index contributed by atoms with van der Waals surface area (Å²) in [5.41, 5.74) is 0. The zero-order valence-corrected chi connectivity index (χ0v) is 8.75. The van der Waals surface area contributed by atoms with Crippen LogP contribution in [-0.2, 0) is 9.53 Å². The number of hydrogen-bond donors (Lipinski definition) is 0. The average Bonchev–Trinajstić information content (AvgIpc) is 2.11. The first-order valence-corrected chi connectivity index (χ1v) is 4.64. The topological polar surface area (TPSA) is 29.5 Å². The van der Waals surface area contributed by atoms with E-state index in [9.17, 15) is 4.79 Å². The van der Waals surface area contributed by atoms with Crippen molar-refractivity contribution in [2.24, 2.45) is 0 Å². The molecule has 0 heterocycles. The van der Waals surface area contributed by atoms with Crippen molar-refractivity contribution in [1.82, 2.24) is 4.90 Å². The largest absolute Gasteiger partial charge is 0.361 e. The highest BCUT2D eigenvalue weighted by atomic mass is 16.5. The molecule has 1 amide bonds. The summed E-state index contributed by atoms with van der Waals surface area (Å²) in [6.07, 6.45) is 2.28. The lowest BCUT2D eigenvalue weighted by atomic mass is 10.3. The fourth-order valence-corrected chi connectivity index (χ4v) is 0.892. The van der Waals surface area contributed by atoms with Crippen LogP contribution in [0.15, 0.2) is 12.7 Å². The van der Waals surface area contributed by atoms with Crippen molar-refractivity contribution in [1.29, 1.82) is 0 Å². The maximum atomic E-state index is 11.3. The van der Waals surface area contributed by atoms with E-state index in [2.05, 4.69) is 6.58 Å². The van der Waals surface area contributed by atoms with Crippen LogP contribution in [0.4, 0.5) is 0 Å². The minimum Gasteiger partial charge on any atom is -0.361 e. The number of nitrogens with zero attached hydrogens (tertiary/aromatic N) is 1. The normalized spacial score (nSPS) is 10.2. The van der Waals surface area contributed by atoms with Gasteiger partial charge in [0.25, 0.3) is 0 Å². The molecule has 0 aliphatic carbocycles. The highest BCUT2D eigenvalue weighted by molar-refractivity contribution is 5.87. The van der Waals surface area contributed by atoms with Crippen molar-refractivity contribution in [2.75, 3.05) is 13.3 Å². The second kappa shape index (κ2) is 6.66. The first kappa shape index (κ1) is 12.2. The third-order valence-electron chi connectivity index (χ3n) is 1.66. The molecule has 0 aromatic rings. The maximum absolute atomic E-state index is 11.3. The Labute approximate surface area is 80.4 Å². The summed E-state index contributed by atoms with van der Waals surface area (Å²) in [5, 5.41) is 0. The molecule has 13 heavy (non-hydrogen) atoms. The molecular weight excluding hydrogens is 166 g/mol. The van der Waals surface area contributed by atoms with Gasteiger partial charge in [-0.2, -0.15) is 0 Å². The molecule has 76 valence electrons. The molecule has 0 radical (unpaired) electrons. The van der Waals surface area contributed by atoms with Crippen molar-refractivity contribution in [3.63, 3.8) is 0 Å². The summed E-state index contributed by atoms with van der Waals surface area (Å²) in [6.45, 7) is 10.4. The van der Waals surface area contributed by atoms with E-state index in [0.717, 1.165) is 6.42 Å². The summed E-state index contributed by atoms with van der Waals surface area (Å²) >= 11 is 0. The van der Waals surface area contributed by atoms with E-state index in [4.69, 9.17) is 4.74 Å². The van der Waals surface area contributed by atoms with Gasteiger partial charge in [-0.05, 0) is 26.3 Å². The summed E-state index contributed by atoms with van der Waals surface area (Å²) in [7, 11) is 0. The number of rotatable bonds is 6. The molecule has 0 aliphatic heterocycles. The quantitative estimate of drug-likeness (QED) is 0.359. The molecule has 0 atom stereocenters. The summed E-state index contributed by atoms with van der Waals surface area (Å²) < 4.78 is 5.29. The van der Waals surface area contributed by atoms with Crippen LogP contribution < -0.4 is 0 Å². The fraction of sp³-hybridized carbons (Fsp3) is 0.700. The summed E-state index contributed by atoms with van der Waals surface area (Å²) in [5.74, 6) is -0.0777. The van der Waals surface area contributed by atoms with Crippen LogP contribution in [0.25, 0.3) is 0 Å². The maximum Gasteiger partial charge on any atom is 0.248 e. The Hall–Kier alpha value is -0.830. The lowest BCUT2D eigenvalue weighted by Gasteiger charge is -2.24. The van der Waals surface area contributed by atoms with Gasteiger partial charge in [-0.15, -0.1) is 0 Å². The smallest absolute Gasteiger partial charge is 0.248 e. The van der Waals surface area contributed by atoms with Crippen LogP contribution in [-0.4, -0.2) is 30.2 Å². The molecule has 0 aromatic heterocycles. The predicted octanol–water partition coefficient (Wildman–Crippen LogP) is 1.79. The van der Waals surface area contributed by atoms with Crippen molar-refractivity contribution < 1.29 is 9.53 Å². The zero-order chi connectivity index (χ0) is 10.3. The lowest BCUT2D eigenvalue weighted by Crippen LogP contribution is -2.37. The van der Waals surface area contributed by atoms with Crippen LogP contribution in [0.1, 0.15) is 27.2 Å².